The lowest BCUT2D eigenvalue weighted by molar-refractivity contribution is -0.745. The third kappa shape index (κ3) is 6.77. The highest BCUT2D eigenvalue weighted by Crippen LogP contribution is 2.66. The van der Waals surface area contributed by atoms with Gasteiger partial charge in [0.05, 0.1) is 13.7 Å². The average molecular weight is 628 g/mol. The van der Waals surface area contributed by atoms with Crippen molar-refractivity contribution >= 4 is 46.3 Å². The quantitative estimate of drug-likeness (QED) is 0.0734. The molecular formula is C17H23N6O14P3. The minimum Gasteiger partial charge on any atom is -0.746 e. The van der Waals surface area contributed by atoms with E-state index in [9.17, 15) is 43.4 Å². The number of nitrogens with two attached hydrogens (primary N) is 2. The molecule has 2 aromatic heterocycles. The molecule has 3 unspecified atom stereocenters. The number of aromatic nitrogens is 4. The van der Waals surface area contributed by atoms with Crippen LogP contribution in [0.15, 0.2) is 35.4 Å². The molecule has 7 atom stereocenters. The van der Waals surface area contributed by atoms with E-state index in [1.54, 1.807) is 0 Å². The lowest BCUT2D eigenvalue weighted by atomic mass is 10.1. The highest BCUT2D eigenvalue weighted by Gasteiger charge is 2.48. The SMILES string of the molecule is Cn1c[n+]([C@@H]2O[C@H](COP(=O)(O)OP(=O)(O)OP(=O)([O-])Oc3ccc(N)cc3)[C@@H](O)[C@H]2O)c2nc(N)[nH]c(=O)c21. The van der Waals surface area contributed by atoms with Crippen molar-refractivity contribution in [2.24, 2.45) is 7.05 Å². The zero-order chi connectivity index (χ0) is 29.6. The van der Waals surface area contributed by atoms with Crippen LogP contribution in [0.25, 0.3) is 11.2 Å². The van der Waals surface area contributed by atoms with Gasteiger partial charge in [-0.3, -0.25) is 23.4 Å². The Bertz CT molecular complexity index is 1610. The summed E-state index contributed by atoms with van der Waals surface area (Å²) in [5.74, 6) is -0.608. The van der Waals surface area contributed by atoms with E-state index in [4.69, 9.17) is 16.2 Å². The second kappa shape index (κ2) is 10.9. The lowest BCUT2D eigenvalue weighted by Crippen LogP contribution is -2.46. The highest BCUT2D eigenvalue weighted by atomic mass is 31.3. The molecule has 1 fully saturated rings. The Balaban J connectivity index is 1.41. The summed E-state index contributed by atoms with van der Waals surface area (Å²) in [6.45, 7) is -1.01. The number of nitrogen functional groups attached to an aromatic ring is 2. The first-order chi connectivity index (χ1) is 18.5. The van der Waals surface area contributed by atoms with Crippen LogP contribution in [-0.2, 0) is 38.6 Å². The molecule has 9 N–H and O–H groups in total. The van der Waals surface area contributed by atoms with E-state index in [-0.39, 0.29) is 28.5 Å². The lowest BCUT2D eigenvalue weighted by Gasteiger charge is -2.25. The Labute approximate surface area is 223 Å². The Morgan fingerprint density at radius 2 is 1.77 bits per heavy atom. The van der Waals surface area contributed by atoms with Crippen LogP contribution in [0.3, 0.4) is 0 Å². The second-order valence-corrected chi connectivity index (χ2v) is 12.8. The zero-order valence-electron chi connectivity index (χ0n) is 20.1. The van der Waals surface area contributed by atoms with Crippen LogP contribution >= 0.6 is 23.5 Å². The van der Waals surface area contributed by atoms with Crippen LogP contribution < -0.4 is 31.0 Å². The molecule has 1 aliphatic heterocycles. The van der Waals surface area contributed by atoms with Gasteiger partial charge in [0.2, 0.25) is 11.7 Å². The summed E-state index contributed by atoms with van der Waals surface area (Å²) < 4.78 is 61.2. The number of benzene rings is 1. The Morgan fingerprint density at radius 3 is 2.42 bits per heavy atom. The van der Waals surface area contributed by atoms with Crippen molar-refractivity contribution in [1.82, 2.24) is 14.5 Å². The standard InChI is InChI=1S/C17H23N6O14P3/c1-22-7-23(14-11(22)15(26)21-17(19)20-14)16-13(25)12(24)10(34-16)6-33-38(27,28)36-40(31,32)37-39(29,30)35-9-4-2-8(18)3-5-9/h2-5,7,10,12-13,16,24-25H,6,18H2,1H3,(H5-,19,20,21,26,27,28,29,30,31,32)/t10-,12-,13-,16-/m1/s1. The van der Waals surface area contributed by atoms with Crippen molar-refractivity contribution in [1.29, 1.82) is 0 Å². The molecule has 3 heterocycles. The number of H-pyrrole nitrogens is 1. The van der Waals surface area contributed by atoms with Crippen molar-refractivity contribution < 1.29 is 65.6 Å². The highest BCUT2D eigenvalue weighted by molar-refractivity contribution is 7.66. The summed E-state index contributed by atoms with van der Waals surface area (Å²) >= 11 is 0. The van der Waals surface area contributed by atoms with E-state index in [1.165, 1.54) is 34.6 Å². The number of hydrogen-bond acceptors (Lipinski definition) is 15. The smallest absolute Gasteiger partial charge is 0.488 e. The maximum Gasteiger partial charge on any atom is 0.488 e. The molecule has 1 saturated heterocycles. The van der Waals surface area contributed by atoms with Gasteiger partial charge in [-0.15, -0.1) is 0 Å². The molecule has 0 bridgehead atoms. The van der Waals surface area contributed by atoms with E-state index in [0.29, 0.717) is 0 Å². The number of rotatable bonds is 10. The summed E-state index contributed by atoms with van der Waals surface area (Å²) in [5.41, 5.74) is 10.7. The fourth-order valence-corrected chi connectivity index (χ4v) is 7.17. The number of phosphoric ester groups is 2. The largest absolute Gasteiger partial charge is 0.746 e. The minimum atomic E-state index is -5.84. The van der Waals surface area contributed by atoms with Crippen LogP contribution in [0.4, 0.5) is 11.6 Å². The summed E-state index contributed by atoms with van der Waals surface area (Å²) in [6.07, 6.45) is -5.06. The number of nitrogens with one attached hydrogen (secondary N) is 1. The molecule has 20 nitrogen and oxygen atoms in total. The van der Waals surface area contributed by atoms with Crippen LogP contribution in [0, 0.1) is 0 Å². The van der Waals surface area contributed by atoms with Crippen molar-refractivity contribution in [3.8, 4) is 5.75 Å². The molecule has 0 saturated carbocycles. The third-order valence-corrected chi connectivity index (χ3v) is 9.50. The summed E-state index contributed by atoms with van der Waals surface area (Å²) in [5, 5.41) is 20.9. The first-order valence-electron chi connectivity index (χ1n) is 10.8. The first kappa shape index (κ1) is 30.3. The number of aromatic amines is 1. The van der Waals surface area contributed by atoms with Crippen molar-refractivity contribution in [2.75, 3.05) is 18.1 Å². The Morgan fingerprint density at radius 1 is 1.12 bits per heavy atom. The molecule has 40 heavy (non-hydrogen) atoms. The van der Waals surface area contributed by atoms with Crippen molar-refractivity contribution in [3.63, 3.8) is 0 Å². The second-order valence-electron chi connectivity index (χ2n) is 8.31. The van der Waals surface area contributed by atoms with E-state index >= 15 is 0 Å². The summed E-state index contributed by atoms with van der Waals surface area (Å²) in [6, 6.07) is 4.71. The number of aliphatic hydroxyl groups excluding tert-OH is 2. The number of ether oxygens (including phenoxy) is 1. The molecule has 0 aliphatic carbocycles. The van der Waals surface area contributed by atoms with E-state index in [2.05, 4.69) is 27.6 Å². The van der Waals surface area contributed by atoms with Gasteiger partial charge >= 0.3 is 29.1 Å². The van der Waals surface area contributed by atoms with Gasteiger partial charge in [0.1, 0.15) is 24.1 Å². The van der Waals surface area contributed by atoms with Gasteiger partial charge in [0, 0.05) is 5.69 Å². The summed E-state index contributed by atoms with van der Waals surface area (Å²) in [7, 11) is -15.5. The van der Waals surface area contributed by atoms with Crippen LogP contribution in [0.1, 0.15) is 6.23 Å². The molecule has 1 aromatic carbocycles. The summed E-state index contributed by atoms with van der Waals surface area (Å²) in [4.78, 5) is 50.0. The van der Waals surface area contributed by atoms with Gasteiger partial charge in [-0.05, 0) is 24.3 Å². The number of anilines is 2. The normalized spacial score (nSPS) is 25.8. The molecule has 220 valence electrons. The number of fused-ring (bicyclic) bond motifs is 1. The average Bonchev–Trinajstić information content (AvgIpc) is 3.28. The number of imidazole rings is 1. The number of hydrogen-bond donors (Lipinski definition) is 7. The molecule has 0 spiro atoms. The van der Waals surface area contributed by atoms with E-state index in [0.717, 1.165) is 12.1 Å². The maximum absolute atomic E-state index is 12.2. The molecule has 1 aliphatic rings. The number of aryl methyl sites for hydroxylation is 1. The zero-order valence-corrected chi connectivity index (χ0v) is 22.8. The molecule has 0 radical (unpaired) electrons. The van der Waals surface area contributed by atoms with Gasteiger partial charge in [-0.1, -0.05) is 4.98 Å². The van der Waals surface area contributed by atoms with Gasteiger partial charge in [-0.2, -0.15) is 4.31 Å². The Hall–Kier alpha value is -2.70. The van der Waals surface area contributed by atoms with Crippen LogP contribution in [0.2, 0.25) is 0 Å². The molecular weight excluding hydrogens is 605 g/mol. The number of aliphatic hydroxyl groups is 2. The molecule has 0 amide bonds. The topological polar surface area (TPSA) is 308 Å². The van der Waals surface area contributed by atoms with Gasteiger partial charge in [0.15, 0.2) is 6.33 Å². The molecule has 3 aromatic rings. The minimum absolute atomic E-state index is 0.0284. The maximum atomic E-state index is 12.2. The van der Waals surface area contributed by atoms with E-state index < -0.39 is 60.2 Å². The van der Waals surface area contributed by atoms with Gasteiger partial charge in [-0.25, -0.2) is 18.0 Å². The molecule has 4 rings (SSSR count). The van der Waals surface area contributed by atoms with E-state index in [1.807, 2.05) is 0 Å². The van der Waals surface area contributed by atoms with Crippen LogP contribution in [0.5, 0.6) is 5.75 Å². The third-order valence-electron chi connectivity index (χ3n) is 5.31. The van der Waals surface area contributed by atoms with Crippen LogP contribution in [-0.4, -0.2) is 59.5 Å². The van der Waals surface area contributed by atoms with Gasteiger partial charge in [0.25, 0.3) is 11.5 Å². The molecule has 23 heteroatoms. The van der Waals surface area contributed by atoms with Crippen molar-refractivity contribution in [3.05, 3.63) is 40.9 Å². The van der Waals surface area contributed by atoms with Crippen molar-refractivity contribution in [2.45, 2.75) is 24.5 Å². The number of phosphoric acid groups is 3. The fourth-order valence-electron chi connectivity index (χ4n) is 3.69. The fraction of sp³-hybridized carbons (Fsp3) is 0.353. The Kier molecular flexibility index (Phi) is 8.28. The first-order valence-corrected chi connectivity index (χ1v) is 15.3. The number of nitrogens with zero attached hydrogens (tertiary/aromatic N) is 3. The predicted octanol–water partition coefficient (Wildman–Crippen LogP) is -1.87. The van der Waals surface area contributed by atoms with Gasteiger partial charge < -0.3 is 45.6 Å². The monoisotopic (exact) mass is 628 g/mol. The predicted molar refractivity (Wildman–Crippen MR) is 129 cm³/mol.